The Morgan fingerprint density at radius 3 is 2.53 bits per heavy atom. The largest absolute Gasteiger partial charge is 0.573 e. The number of hydrogen-bond donors (Lipinski definition) is 1. The van der Waals surface area contributed by atoms with Gasteiger partial charge in [0, 0.05) is 12.6 Å². The maximum atomic E-state index is 12.0. The standard InChI is InChI=1S/C9H9F3N2O3/c1-16-7-2-8(17-9(10,11)12)6(4-15)14-5(7)3-13/h2,4H,3,13H2,1H3. The van der Waals surface area contributed by atoms with E-state index >= 15 is 0 Å². The predicted octanol–water partition coefficient (Wildman–Crippen LogP) is 1.26. The van der Waals surface area contributed by atoms with Gasteiger partial charge in [0.25, 0.3) is 0 Å². The molecule has 0 atom stereocenters. The second kappa shape index (κ2) is 5.00. The summed E-state index contributed by atoms with van der Waals surface area (Å²) in [6.07, 6.45) is -4.76. The second-order valence-corrected chi connectivity index (χ2v) is 2.89. The monoisotopic (exact) mass is 250 g/mol. The van der Waals surface area contributed by atoms with Gasteiger partial charge >= 0.3 is 6.36 Å². The minimum absolute atomic E-state index is 0.0253. The zero-order valence-corrected chi connectivity index (χ0v) is 8.75. The molecule has 1 rings (SSSR count). The van der Waals surface area contributed by atoms with Gasteiger partial charge in [0.1, 0.15) is 11.4 Å². The molecule has 0 spiro atoms. The average molecular weight is 250 g/mol. The van der Waals surface area contributed by atoms with E-state index in [-0.39, 0.29) is 24.3 Å². The molecule has 2 N–H and O–H groups in total. The fourth-order valence-corrected chi connectivity index (χ4v) is 1.15. The quantitative estimate of drug-likeness (QED) is 0.814. The van der Waals surface area contributed by atoms with E-state index in [1.165, 1.54) is 7.11 Å². The number of aromatic nitrogens is 1. The number of aldehydes is 1. The number of nitrogens with zero attached hydrogens (tertiary/aromatic N) is 1. The van der Waals surface area contributed by atoms with Crippen LogP contribution in [0.5, 0.6) is 11.5 Å². The van der Waals surface area contributed by atoms with Crippen molar-refractivity contribution in [2.24, 2.45) is 5.73 Å². The number of pyridine rings is 1. The molecule has 0 aliphatic rings. The van der Waals surface area contributed by atoms with Crippen molar-refractivity contribution in [3.8, 4) is 11.5 Å². The van der Waals surface area contributed by atoms with Crippen LogP contribution in [0.15, 0.2) is 6.07 Å². The third-order valence-electron chi connectivity index (χ3n) is 1.81. The number of carbonyl (C=O) groups is 1. The van der Waals surface area contributed by atoms with Gasteiger partial charge < -0.3 is 15.2 Å². The number of hydrogen-bond acceptors (Lipinski definition) is 5. The van der Waals surface area contributed by atoms with Gasteiger partial charge in [-0.25, -0.2) is 4.98 Å². The Morgan fingerprint density at radius 1 is 1.47 bits per heavy atom. The van der Waals surface area contributed by atoms with Gasteiger partial charge in [0.2, 0.25) is 0 Å². The fourth-order valence-electron chi connectivity index (χ4n) is 1.15. The summed E-state index contributed by atoms with van der Waals surface area (Å²) in [5.41, 5.74) is 4.99. The molecule has 1 aromatic rings. The van der Waals surface area contributed by atoms with Gasteiger partial charge in [-0.3, -0.25) is 4.79 Å². The van der Waals surface area contributed by atoms with Crippen LogP contribution in [0.1, 0.15) is 16.2 Å². The molecular formula is C9H9F3N2O3. The molecule has 0 unspecified atom stereocenters. The summed E-state index contributed by atoms with van der Waals surface area (Å²) in [6.45, 7) is -0.0731. The van der Waals surface area contributed by atoms with Crippen molar-refractivity contribution in [1.29, 1.82) is 0 Å². The van der Waals surface area contributed by atoms with Crippen LogP contribution in [0.3, 0.4) is 0 Å². The van der Waals surface area contributed by atoms with Gasteiger partial charge in [-0.05, 0) is 0 Å². The molecule has 0 aliphatic heterocycles. The first kappa shape index (κ1) is 13.2. The number of carbonyl (C=O) groups excluding carboxylic acids is 1. The molecular weight excluding hydrogens is 241 g/mol. The van der Waals surface area contributed by atoms with Crippen LogP contribution >= 0.6 is 0 Å². The molecule has 0 fully saturated rings. The first-order valence-electron chi connectivity index (χ1n) is 4.40. The maximum absolute atomic E-state index is 12.0. The van der Waals surface area contributed by atoms with E-state index in [0.29, 0.717) is 0 Å². The summed E-state index contributed by atoms with van der Waals surface area (Å²) in [4.78, 5) is 14.2. The Bertz CT molecular complexity index is 421. The third-order valence-corrected chi connectivity index (χ3v) is 1.81. The van der Waals surface area contributed by atoms with Crippen LogP contribution in [0.4, 0.5) is 13.2 Å². The Balaban J connectivity index is 3.24. The van der Waals surface area contributed by atoms with Crippen molar-refractivity contribution in [3.05, 3.63) is 17.5 Å². The van der Waals surface area contributed by atoms with E-state index in [0.717, 1.165) is 6.07 Å². The lowest BCUT2D eigenvalue weighted by Gasteiger charge is -2.13. The highest BCUT2D eigenvalue weighted by Gasteiger charge is 2.33. The van der Waals surface area contributed by atoms with Gasteiger partial charge in [0.05, 0.1) is 12.8 Å². The summed E-state index contributed by atoms with van der Waals surface area (Å²) in [6, 6.07) is 0.923. The molecule has 0 aliphatic carbocycles. The molecule has 0 radical (unpaired) electrons. The summed E-state index contributed by atoms with van der Waals surface area (Å²) >= 11 is 0. The molecule has 0 saturated heterocycles. The van der Waals surface area contributed by atoms with Crippen molar-refractivity contribution in [2.45, 2.75) is 12.9 Å². The first-order chi connectivity index (χ1) is 7.91. The molecule has 94 valence electrons. The number of halogens is 3. The summed E-state index contributed by atoms with van der Waals surface area (Å²) < 4.78 is 44.6. The Kier molecular flexibility index (Phi) is 3.89. The number of alkyl halides is 3. The lowest BCUT2D eigenvalue weighted by Crippen LogP contribution is -2.19. The van der Waals surface area contributed by atoms with Crippen molar-refractivity contribution in [3.63, 3.8) is 0 Å². The predicted molar refractivity (Wildman–Crippen MR) is 50.8 cm³/mol. The van der Waals surface area contributed by atoms with E-state index in [4.69, 9.17) is 10.5 Å². The van der Waals surface area contributed by atoms with Gasteiger partial charge in [-0.2, -0.15) is 0 Å². The molecule has 0 amide bonds. The highest BCUT2D eigenvalue weighted by molar-refractivity contribution is 5.77. The Labute approximate surface area is 94.3 Å². The van der Waals surface area contributed by atoms with Crippen LogP contribution in [0, 0.1) is 0 Å². The van der Waals surface area contributed by atoms with Crippen LogP contribution in [0.25, 0.3) is 0 Å². The highest BCUT2D eigenvalue weighted by atomic mass is 19.4. The minimum atomic E-state index is -4.91. The smallest absolute Gasteiger partial charge is 0.495 e. The Morgan fingerprint density at radius 2 is 2.12 bits per heavy atom. The summed E-state index contributed by atoms with van der Waals surface area (Å²) in [7, 11) is 1.24. The lowest BCUT2D eigenvalue weighted by atomic mass is 10.2. The van der Waals surface area contributed by atoms with Gasteiger partial charge in [-0.1, -0.05) is 0 Å². The lowest BCUT2D eigenvalue weighted by molar-refractivity contribution is -0.274. The first-order valence-corrected chi connectivity index (χ1v) is 4.40. The summed E-state index contributed by atoms with van der Waals surface area (Å²) in [5.74, 6) is -0.695. The van der Waals surface area contributed by atoms with E-state index in [9.17, 15) is 18.0 Å². The second-order valence-electron chi connectivity index (χ2n) is 2.89. The molecule has 0 aromatic carbocycles. The normalized spacial score (nSPS) is 11.1. The number of nitrogens with two attached hydrogens (primary N) is 1. The van der Waals surface area contributed by atoms with Crippen LogP contribution in [-0.2, 0) is 6.54 Å². The molecule has 5 nitrogen and oxygen atoms in total. The maximum Gasteiger partial charge on any atom is 0.573 e. The average Bonchev–Trinajstić information content (AvgIpc) is 2.26. The molecule has 17 heavy (non-hydrogen) atoms. The van der Waals surface area contributed by atoms with Crippen molar-refractivity contribution >= 4 is 6.29 Å². The van der Waals surface area contributed by atoms with Gasteiger partial charge in [0.15, 0.2) is 12.0 Å². The molecule has 8 heteroatoms. The van der Waals surface area contributed by atoms with E-state index in [1.807, 2.05) is 0 Å². The van der Waals surface area contributed by atoms with Crippen molar-refractivity contribution in [1.82, 2.24) is 4.98 Å². The van der Waals surface area contributed by atoms with Crippen LogP contribution < -0.4 is 15.2 Å². The molecule has 1 heterocycles. The zero-order valence-electron chi connectivity index (χ0n) is 8.75. The molecule has 1 aromatic heterocycles. The minimum Gasteiger partial charge on any atom is -0.495 e. The number of methoxy groups -OCH3 is 1. The van der Waals surface area contributed by atoms with Crippen LogP contribution in [-0.4, -0.2) is 24.7 Å². The van der Waals surface area contributed by atoms with Crippen molar-refractivity contribution in [2.75, 3.05) is 7.11 Å². The SMILES string of the molecule is COc1cc(OC(F)(F)F)c(C=O)nc1CN. The van der Waals surface area contributed by atoms with E-state index in [2.05, 4.69) is 9.72 Å². The fraction of sp³-hybridized carbons (Fsp3) is 0.333. The number of ether oxygens (including phenoxy) is 2. The third kappa shape index (κ3) is 3.31. The van der Waals surface area contributed by atoms with Crippen molar-refractivity contribution < 1.29 is 27.4 Å². The summed E-state index contributed by atoms with van der Waals surface area (Å²) in [5, 5.41) is 0. The Hall–Kier alpha value is -1.83. The molecule has 0 saturated carbocycles. The van der Waals surface area contributed by atoms with E-state index < -0.39 is 17.8 Å². The van der Waals surface area contributed by atoms with Gasteiger partial charge in [-0.15, -0.1) is 13.2 Å². The molecule has 0 bridgehead atoms. The highest BCUT2D eigenvalue weighted by Crippen LogP contribution is 2.29. The van der Waals surface area contributed by atoms with E-state index in [1.54, 1.807) is 0 Å². The topological polar surface area (TPSA) is 74.4 Å². The van der Waals surface area contributed by atoms with Crippen LogP contribution in [0.2, 0.25) is 0 Å². The zero-order chi connectivity index (χ0) is 13.1. The number of rotatable bonds is 4.